The van der Waals surface area contributed by atoms with Crippen molar-refractivity contribution >= 4 is 23.5 Å². The summed E-state index contributed by atoms with van der Waals surface area (Å²) in [5.41, 5.74) is 1.30. The van der Waals surface area contributed by atoms with Gasteiger partial charge in [0.25, 0.3) is 5.91 Å². The molecule has 152 valence electrons. The molecule has 0 unspecified atom stereocenters. The molecule has 1 aliphatic carbocycles. The molecule has 0 aromatic heterocycles. The zero-order valence-corrected chi connectivity index (χ0v) is 16.5. The summed E-state index contributed by atoms with van der Waals surface area (Å²) < 4.78 is 24.8. The van der Waals surface area contributed by atoms with Gasteiger partial charge in [-0.25, -0.2) is 4.39 Å². The molecule has 1 heterocycles. The Morgan fingerprint density at radius 3 is 2.76 bits per heavy atom. The molecule has 5 nitrogen and oxygen atoms in total. The van der Waals surface area contributed by atoms with Crippen LogP contribution in [0.2, 0.25) is 5.02 Å². The first-order valence-corrected chi connectivity index (χ1v) is 10.00. The van der Waals surface area contributed by atoms with Crippen LogP contribution in [0.25, 0.3) is 0 Å². The molecule has 0 saturated heterocycles. The number of hydrogen-bond acceptors (Lipinski definition) is 4. The summed E-state index contributed by atoms with van der Waals surface area (Å²) in [7, 11) is 0. The van der Waals surface area contributed by atoms with Gasteiger partial charge in [0.05, 0.1) is 5.92 Å². The predicted molar refractivity (Wildman–Crippen MR) is 105 cm³/mol. The van der Waals surface area contributed by atoms with Crippen LogP contribution in [0.4, 0.5) is 4.39 Å². The minimum Gasteiger partial charge on any atom is -0.492 e. The molecule has 4 rings (SSSR count). The lowest BCUT2D eigenvalue weighted by Crippen LogP contribution is -2.38. The van der Waals surface area contributed by atoms with Crippen molar-refractivity contribution in [2.24, 2.45) is 5.92 Å². The summed E-state index contributed by atoms with van der Waals surface area (Å²) in [6.07, 6.45) is 2.20. The summed E-state index contributed by atoms with van der Waals surface area (Å²) >= 11 is 6.01. The number of amides is 1. The molecule has 2 aromatic rings. The first kappa shape index (κ1) is 19.7. The lowest BCUT2D eigenvalue weighted by Gasteiger charge is -2.25. The van der Waals surface area contributed by atoms with Gasteiger partial charge in [-0.1, -0.05) is 29.8 Å². The third-order valence-electron chi connectivity index (χ3n) is 5.21. The number of esters is 1. The molecule has 1 fully saturated rings. The maximum absolute atomic E-state index is 14.0. The van der Waals surface area contributed by atoms with Crippen molar-refractivity contribution in [3.8, 4) is 5.75 Å². The Kier molecular flexibility index (Phi) is 5.72. The van der Waals surface area contributed by atoms with Crippen molar-refractivity contribution in [2.45, 2.75) is 31.8 Å². The predicted octanol–water partition coefficient (Wildman–Crippen LogP) is 3.76. The first-order chi connectivity index (χ1) is 14.0. The molecule has 1 aliphatic heterocycles. The van der Waals surface area contributed by atoms with E-state index in [1.54, 1.807) is 41.3 Å². The van der Waals surface area contributed by atoms with Gasteiger partial charge in [0.15, 0.2) is 6.61 Å². The van der Waals surface area contributed by atoms with Crippen LogP contribution in [0, 0.1) is 11.7 Å². The fourth-order valence-corrected chi connectivity index (χ4v) is 3.66. The van der Waals surface area contributed by atoms with E-state index in [0.717, 1.165) is 18.4 Å². The van der Waals surface area contributed by atoms with Gasteiger partial charge in [-0.2, -0.15) is 0 Å². The topological polar surface area (TPSA) is 55.8 Å². The molecule has 29 heavy (non-hydrogen) atoms. The lowest BCUT2D eigenvalue weighted by molar-refractivity contribution is -0.157. The summed E-state index contributed by atoms with van der Waals surface area (Å²) in [5.74, 6) is -0.927. The van der Waals surface area contributed by atoms with E-state index in [1.165, 1.54) is 6.07 Å². The molecular weight excluding hydrogens is 397 g/mol. The zero-order valence-electron chi connectivity index (χ0n) is 15.8. The SMILES string of the molecule is O=C(OCC(=O)N(Cc1ccccc1F)C1CC1)[C@H]1COc2ccc(Cl)cc2C1. The second kappa shape index (κ2) is 8.41. The Balaban J connectivity index is 1.34. The molecule has 2 aromatic carbocycles. The molecule has 0 N–H and O–H groups in total. The molecule has 1 amide bonds. The van der Waals surface area contributed by atoms with Crippen molar-refractivity contribution in [2.75, 3.05) is 13.2 Å². The minimum absolute atomic E-state index is 0.0767. The van der Waals surface area contributed by atoms with Crippen molar-refractivity contribution in [3.05, 3.63) is 64.4 Å². The maximum Gasteiger partial charge on any atom is 0.313 e. The number of nitrogens with zero attached hydrogens (tertiary/aromatic N) is 1. The highest BCUT2D eigenvalue weighted by molar-refractivity contribution is 6.30. The second-order valence-electron chi connectivity index (χ2n) is 7.42. The van der Waals surface area contributed by atoms with E-state index in [4.69, 9.17) is 21.1 Å². The standard InChI is InChI=1S/C22H21ClFNO4/c23-17-5-8-20-15(10-17)9-16(12-28-20)22(27)29-13-21(26)25(18-6-7-18)11-14-3-1-2-4-19(14)24/h1-5,8,10,16,18H,6-7,9,11-13H2/t16-/m1/s1. The van der Waals surface area contributed by atoms with Gasteiger partial charge in [-0.3, -0.25) is 9.59 Å². The molecular formula is C22H21ClFNO4. The Hall–Kier alpha value is -2.60. The smallest absolute Gasteiger partial charge is 0.313 e. The van der Waals surface area contributed by atoms with Crippen LogP contribution in [-0.2, 0) is 27.3 Å². The monoisotopic (exact) mass is 417 g/mol. The molecule has 2 aliphatic rings. The fraction of sp³-hybridized carbons (Fsp3) is 0.364. The summed E-state index contributed by atoms with van der Waals surface area (Å²) in [5, 5.41) is 0.574. The summed E-state index contributed by atoms with van der Waals surface area (Å²) in [6, 6.07) is 11.7. The number of benzene rings is 2. The van der Waals surface area contributed by atoms with Crippen LogP contribution in [0.15, 0.2) is 42.5 Å². The highest BCUT2D eigenvalue weighted by Gasteiger charge is 2.34. The highest BCUT2D eigenvalue weighted by atomic mass is 35.5. The van der Waals surface area contributed by atoms with E-state index in [-0.39, 0.29) is 37.5 Å². The number of rotatable bonds is 6. The Morgan fingerprint density at radius 2 is 2.00 bits per heavy atom. The number of ether oxygens (including phenoxy) is 2. The quantitative estimate of drug-likeness (QED) is 0.671. The van der Waals surface area contributed by atoms with Gasteiger partial charge in [-0.15, -0.1) is 0 Å². The third-order valence-corrected chi connectivity index (χ3v) is 5.44. The van der Waals surface area contributed by atoms with Crippen molar-refractivity contribution in [1.82, 2.24) is 4.90 Å². The van der Waals surface area contributed by atoms with Crippen molar-refractivity contribution in [3.63, 3.8) is 0 Å². The summed E-state index contributed by atoms with van der Waals surface area (Å²) in [6.45, 7) is 0.0120. The Labute approximate surface area is 173 Å². The van der Waals surface area contributed by atoms with Gasteiger partial charge in [0.1, 0.15) is 18.2 Å². The minimum atomic E-state index is -0.491. The molecule has 1 saturated carbocycles. The Bertz CT molecular complexity index is 931. The first-order valence-electron chi connectivity index (χ1n) is 9.62. The molecule has 0 spiro atoms. The maximum atomic E-state index is 14.0. The average molecular weight is 418 g/mol. The normalized spacial score (nSPS) is 17.8. The number of carbonyl (C=O) groups excluding carboxylic acids is 2. The van der Waals surface area contributed by atoms with Crippen LogP contribution >= 0.6 is 11.6 Å². The number of halogens is 2. The largest absolute Gasteiger partial charge is 0.492 e. The van der Waals surface area contributed by atoms with E-state index in [2.05, 4.69) is 0 Å². The zero-order chi connectivity index (χ0) is 20.4. The van der Waals surface area contributed by atoms with Crippen LogP contribution in [0.5, 0.6) is 5.75 Å². The van der Waals surface area contributed by atoms with Gasteiger partial charge < -0.3 is 14.4 Å². The third kappa shape index (κ3) is 4.70. The molecule has 1 atom stereocenters. The molecule has 0 bridgehead atoms. The number of hydrogen-bond donors (Lipinski definition) is 0. The van der Waals surface area contributed by atoms with Gasteiger partial charge in [0, 0.05) is 23.2 Å². The number of fused-ring (bicyclic) bond motifs is 1. The summed E-state index contributed by atoms with van der Waals surface area (Å²) in [4.78, 5) is 26.7. The molecule has 0 radical (unpaired) electrons. The van der Waals surface area contributed by atoms with E-state index in [0.29, 0.717) is 22.8 Å². The van der Waals surface area contributed by atoms with Gasteiger partial charge in [-0.05, 0) is 49.1 Å². The van der Waals surface area contributed by atoms with E-state index in [9.17, 15) is 14.0 Å². The van der Waals surface area contributed by atoms with Gasteiger partial charge in [0.2, 0.25) is 0 Å². The van der Waals surface area contributed by atoms with E-state index in [1.807, 2.05) is 0 Å². The van der Waals surface area contributed by atoms with Crippen LogP contribution in [0.3, 0.4) is 0 Å². The fourth-order valence-electron chi connectivity index (χ4n) is 3.47. The van der Waals surface area contributed by atoms with Crippen LogP contribution < -0.4 is 4.74 Å². The van der Waals surface area contributed by atoms with Crippen molar-refractivity contribution in [1.29, 1.82) is 0 Å². The van der Waals surface area contributed by atoms with E-state index < -0.39 is 11.9 Å². The van der Waals surface area contributed by atoms with Crippen LogP contribution in [-0.4, -0.2) is 36.0 Å². The number of carbonyl (C=O) groups is 2. The van der Waals surface area contributed by atoms with Crippen LogP contribution in [0.1, 0.15) is 24.0 Å². The van der Waals surface area contributed by atoms with E-state index >= 15 is 0 Å². The van der Waals surface area contributed by atoms with Crippen molar-refractivity contribution < 1.29 is 23.5 Å². The highest BCUT2D eigenvalue weighted by Crippen LogP contribution is 2.31. The Morgan fingerprint density at radius 1 is 1.21 bits per heavy atom. The van der Waals surface area contributed by atoms with Gasteiger partial charge >= 0.3 is 5.97 Å². The lowest BCUT2D eigenvalue weighted by atomic mass is 9.97. The second-order valence-corrected chi connectivity index (χ2v) is 7.85. The molecule has 7 heteroatoms. The average Bonchev–Trinajstić information content (AvgIpc) is 3.55.